The Balaban J connectivity index is 1.73. The van der Waals surface area contributed by atoms with Crippen molar-refractivity contribution < 1.29 is 9.53 Å². The minimum atomic E-state index is -0.469. The Hall–Kier alpha value is -1.27. The van der Waals surface area contributed by atoms with Crippen molar-refractivity contribution in [2.75, 3.05) is 11.9 Å². The molecule has 1 heterocycles. The van der Waals surface area contributed by atoms with Crippen LogP contribution in [0, 0.1) is 5.92 Å². The lowest BCUT2D eigenvalue weighted by molar-refractivity contribution is 0.0488. The fourth-order valence-corrected chi connectivity index (χ4v) is 2.99. The minimum absolute atomic E-state index is 0.173. The summed E-state index contributed by atoms with van der Waals surface area (Å²) < 4.78 is 5.29. The number of amides is 1. The molecule has 1 aliphatic rings. The van der Waals surface area contributed by atoms with Gasteiger partial charge in [0.2, 0.25) is 5.28 Å². The van der Waals surface area contributed by atoms with Crippen molar-refractivity contribution in [2.45, 2.75) is 58.1 Å². The lowest BCUT2D eigenvalue weighted by Crippen LogP contribution is -2.41. The molecule has 24 heavy (non-hydrogen) atoms. The predicted molar refractivity (Wildman–Crippen MR) is 95.7 cm³/mol. The van der Waals surface area contributed by atoms with E-state index < -0.39 is 5.60 Å². The second kappa shape index (κ2) is 8.21. The first kappa shape index (κ1) is 19.1. The maximum atomic E-state index is 11.8. The Kier molecular flexibility index (Phi) is 6.52. The first-order valence-electron chi connectivity index (χ1n) is 8.14. The molecule has 0 unspecified atom stereocenters. The summed E-state index contributed by atoms with van der Waals surface area (Å²) in [6, 6.07) is 0.174. The summed E-state index contributed by atoms with van der Waals surface area (Å²) in [5.74, 6) is 1.07. The van der Waals surface area contributed by atoms with E-state index in [4.69, 9.17) is 27.9 Å². The number of halogens is 2. The monoisotopic (exact) mass is 374 g/mol. The van der Waals surface area contributed by atoms with Crippen molar-refractivity contribution in [1.82, 2.24) is 15.3 Å². The first-order valence-corrected chi connectivity index (χ1v) is 8.90. The summed E-state index contributed by atoms with van der Waals surface area (Å²) in [5.41, 5.74) is -0.469. The molecule has 1 aliphatic carbocycles. The third kappa shape index (κ3) is 6.32. The van der Waals surface area contributed by atoms with Gasteiger partial charge in [-0.15, -0.1) is 0 Å². The van der Waals surface area contributed by atoms with Crippen LogP contribution in [0.5, 0.6) is 0 Å². The summed E-state index contributed by atoms with van der Waals surface area (Å²) in [7, 11) is 0. The molecule has 2 N–H and O–H groups in total. The van der Waals surface area contributed by atoms with Crippen LogP contribution in [0.4, 0.5) is 10.6 Å². The highest BCUT2D eigenvalue weighted by Gasteiger charge is 2.24. The highest BCUT2D eigenvalue weighted by atomic mass is 35.5. The summed E-state index contributed by atoms with van der Waals surface area (Å²) in [5, 5.41) is 6.81. The summed E-state index contributed by atoms with van der Waals surface area (Å²) in [6.45, 7) is 6.35. The zero-order valence-corrected chi connectivity index (χ0v) is 15.7. The van der Waals surface area contributed by atoms with E-state index in [-0.39, 0.29) is 17.4 Å². The molecule has 0 atom stereocenters. The zero-order valence-electron chi connectivity index (χ0n) is 14.2. The van der Waals surface area contributed by atoms with E-state index in [1.807, 2.05) is 20.8 Å². The van der Waals surface area contributed by atoms with E-state index in [2.05, 4.69) is 20.6 Å². The lowest BCUT2D eigenvalue weighted by Gasteiger charge is -2.30. The van der Waals surface area contributed by atoms with Crippen molar-refractivity contribution >= 4 is 35.1 Å². The van der Waals surface area contributed by atoms with E-state index in [9.17, 15) is 4.79 Å². The molecule has 1 amide bonds. The van der Waals surface area contributed by atoms with Crippen LogP contribution in [-0.4, -0.2) is 34.2 Å². The molecule has 0 bridgehead atoms. The van der Waals surface area contributed by atoms with Gasteiger partial charge in [0.05, 0.1) is 6.20 Å². The zero-order chi connectivity index (χ0) is 17.7. The average Bonchev–Trinajstić information content (AvgIpc) is 2.47. The van der Waals surface area contributed by atoms with Crippen LogP contribution < -0.4 is 10.6 Å². The van der Waals surface area contributed by atoms with E-state index in [0.717, 1.165) is 32.2 Å². The minimum Gasteiger partial charge on any atom is -0.444 e. The fourth-order valence-electron chi connectivity index (χ4n) is 2.70. The van der Waals surface area contributed by atoms with Gasteiger partial charge in [-0.1, -0.05) is 11.6 Å². The number of hydrogen-bond donors (Lipinski definition) is 2. The Labute approximate surface area is 152 Å². The van der Waals surface area contributed by atoms with Gasteiger partial charge in [0.25, 0.3) is 0 Å². The van der Waals surface area contributed by atoms with Gasteiger partial charge >= 0.3 is 6.09 Å². The van der Waals surface area contributed by atoms with Gasteiger partial charge < -0.3 is 15.4 Å². The molecule has 8 heteroatoms. The van der Waals surface area contributed by atoms with Gasteiger partial charge in [-0.3, -0.25) is 0 Å². The van der Waals surface area contributed by atoms with Crippen molar-refractivity contribution in [2.24, 2.45) is 5.92 Å². The highest BCUT2D eigenvalue weighted by Crippen LogP contribution is 2.26. The SMILES string of the molecule is CC(C)(C)OC(=O)NC1CCC(CNc2nc(Cl)ncc2Cl)CC1. The molecule has 1 saturated carbocycles. The molecular weight excluding hydrogens is 351 g/mol. The maximum absolute atomic E-state index is 11.8. The van der Waals surface area contributed by atoms with Crippen molar-refractivity contribution in [3.63, 3.8) is 0 Å². The number of carbonyl (C=O) groups excluding carboxylic acids is 1. The average molecular weight is 375 g/mol. The number of aromatic nitrogens is 2. The van der Waals surface area contributed by atoms with Gasteiger partial charge in [0.15, 0.2) is 0 Å². The third-order valence-corrected chi connectivity index (χ3v) is 4.30. The number of ether oxygens (including phenoxy) is 1. The van der Waals surface area contributed by atoms with Gasteiger partial charge in [-0.05, 0) is 64.0 Å². The molecular formula is C16H24Cl2N4O2. The number of hydrogen-bond acceptors (Lipinski definition) is 5. The number of nitrogens with one attached hydrogen (secondary N) is 2. The van der Waals surface area contributed by atoms with Crippen LogP contribution in [-0.2, 0) is 4.74 Å². The molecule has 0 radical (unpaired) electrons. The van der Waals surface area contributed by atoms with Gasteiger partial charge in [-0.25, -0.2) is 9.78 Å². The van der Waals surface area contributed by atoms with Crippen molar-refractivity contribution in [3.8, 4) is 0 Å². The summed E-state index contributed by atoms with van der Waals surface area (Å²) in [6.07, 6.45) is 5.05. The van der Waals surface area contributed by atoms with Crippen LogP contribution in [0.3, 0.4) is 0 Å². The van der Waals surface area contributed by atoms with E-state index in [1.54, 1.807) is 0 Å². The Morgan fingerprint density at radius 2 is 1.96 bits per heavy atom. The van der Waals surface area contributed by atoms with E-state index in [0.29, 0.717) is 16.8 Å². The number of anilines is 1. The van der Waals surface area contributed by atoms with Crippen LogP contribution in [0.15, 0.2) is 6.20 Å². The van der Waals surface area contributed by atoms with Crippen LogP contribution in [0.25, 0.3) is 0 Å². The molecule has 1 aromatic heterocycles. The molecule has 2 rings (SSSR count). The maximum Gasteiger partial charge on any atom is 0.407 e. The molecule has 1 aromatic rings. The molecule has 0 aliphatic heterocycles. The molecule has 0 spiro atoms. The largest absolute Gasteiger partial charge is 0.444 e. The smallest absolute Gasteiger partial charge is 0.407 e. The fraction of sp³-hybridized carbons (Fsp3) is 0.688. The Morgan fingerprint density at radius 3 is 2.58 bits per heavy atom. The first-order chi connectivity index (χ1) is 11.2. The molecule has 0 aromatic carbocycles. The second-order valence-electron chi connectivity index (χ2n) is 7.08. The van der Waals surface area contributed by atoms with Crippen LogP contribution in [0.2, 0.25) is 10.3 Å². The normalized spacial score (nSPS) is 21.2. The number of alkyl carbamates (subject to hydrolysis) is 1. The van der Waals surface area contributed by atoms with Gasteiger partial charge in [-0.2, -0.15) is 4.98 Å². The number of carbonyl (C=O) groups is 1. The predicted octanol–water partition coefficient (Wildman–Crippen LogP) is 4.28. The van der Waals surface area contributed by atoms with Gasteiger partial charge in [0.1, 0.15) is 16.4 Å². The third-order valence-electron chi connectivity index (χ3n) is 3.84. The standard InChI is InChI=1S/C16H24Cl2N4O2/c1-16(2,3)24-15(23)21-11-6-4-10(5-7-11)8-19-13-12(17)9-20-14(18)22-13/h9-11H,4-8H2,1-3H3,(H,21,23)(H,19,20,22). The molecule has 134 valence electrons. The highest BCUT2D eigenvalue weighted by molar-refractivity contribution is 6.33. The van der Waals surface area contributed by atoms with Crippen LogP contribution in [0.1, 0.15) is 46.5 Å². The molecule has 6 nitrogen and oxygen atoms in total. The van der Waals surface area contributed by atoms with Crippen molar-refractivity contribution in [1.29, 1.82) is 0 Å². The summed E-state index contributed by atoms with van der Waals surface area (Å²) >= 11 is 11.8. The topological polar surface area (TPSA) is 76.1 Å². The van der Waals surface area contributed by atoms with Crippen molar-refractivity contribution in [3.05, 3.63) is 16.5 Å². The number of nitrogens with zero attached hydrogens (tertiary/aromatic N) is 2. The van der Waals surface area contributed by atoms with E-state index in [1.165, 1.54) is 6.20 Å². The molecule has 1 fully saturated rings. The summed E-state index contributed by atoms with van der Waals surface area (Å²) in [4.78, 5) is 19.7. The quantitative estimate of drug-likeness (QED) is 0.769. The Bertz CT molecular complexity index is 570. The second-order valence-corrected chi connectivity index (χ2v) is 7.83. The van der Waals surface area contributed by atoms with Gasteiger partial charge in [0, 0.05) is 12.6 Å². The van der Waals surface area contributed by atoms with Crippen LogP contribution >= 0.6 is 23.2 Å². The lowest BCUT2D eigenvalue weighted by atomic mass is 9.86. The Morgan fingerprint density at radius 1 is 1.29 bits per heavy atom. The number of rotatable bonds is 4. The molecule has 0 saturated heterocycles. The van der Waals surface area contributed by atoms with E-state index >= 15 is 0 Å².